The number of rotatable bonds is 8. The number of fused-ring (bicyclic) bond motifs is 1. The van der Waals surface area contributed by atoms with E-state index in [2.05, 4.69) is 4.90 Å². The number of nitro groups is 1. The minimum Gasteiger partial charge on any atom is -0.444 e. The van der Waals surface area contributed by atoms with Gasteiger partial charge in [-0.3, -0.25) is 15.0 Å². The maximum absolute atomic E-state index is 14.0. The maximum Gasteiger partial charge on any atom is 0.410 e. The van der Waals surface area contributed by atoms with Gasteiger partial charge in [0, 0.05) is 44.4 Å². The van der Waals surface area contributed by atoms with E-state index in [1.165, 1.54) is 30.3 Å². The molecular weight excluding hydrogens is 504 g/mol. The van der Waals surface area contributed by atoms with Crippen LogP contribution >= 0.6 is 0 Å². The van der Waals surface area contributed by atoms with Crippen molar-refractivity contribution in [3.05, 3.63) is 111 Å². The van der Waals surface area contributed by atoms with Gasteiger partial charge in [-0.05, 0) is 80.1 Å². The van der Waals surface area contributed by atoms with Gasteiger partial charge in [0.2, 0.25) is 0 Å². The van der Waals surface area contributed by atoms with Crippen LogP contribution in [0, 0.1) is 21.7 Å². The number of carbonyl (C=O) groups excluding carboxylic acids is 1. The van der Waals surface area contributed by atoms with Gasteiger partial charge >= 0.3 is 6.09 Å². The number of halogens is 2. The Morgan fingerprint density at radius 3 is 2.44 bits per heavy atom. The van der Waals surface area contributed by atoms with Gasteiger partial charge in [-0.1, -0.05) is 30.3 Å². The molecule has 0 spiro atoms. The largest absolute Gasteiger partial charge is 0.444 e. The van der Waals surface area contributed by atoms with Crippen LogP contribution < -0.4 is 0 Å². The van der Waals surface area contributed by atoms with Gasteiger partial charge in [-0.2, -0.15) is 0 Å². The van der Waals surface area contributed by atoms with E-state index in [4.69, 9.17) is 4.74 Å². The van der Waals surface area contributed by atoms with Crippen LogP contribution in [-0.2, 0) is 30.7 Å². The van der Waals surface area contributed by atoms with Crippen LogP contribution in [0.3, 0.4) is 0 Å². The lowest BCUT2D eigenvalue weighted by Gasteiger charge is -2.38. The number of benzene rings is 3. The first-order chi connectivity index (χ1) is 18.5. The number of non-ortho nitro benzene ring substituents is 1. The molecule has 3 aromatic rings. The zero-order valence-corrected chi connectivity index (χ0v) is 22.4. The smallest absolute Gasteiger partial charge is 0.410 e. The van der Waals surface area contributed by atoms with Crippen molar-refractivity contribution in [3.63, 3.8) is 0 Å². The van der Waals surface area contributed by atoms with Gasteiger partial charge in [0.1, 0.15) is 17.2 Å². The van der Waals surface area contributed by atoms with Gasteiger partial charge in [-0.15, -0.1) is 0 Å². The molecule has 0 fully saturated rings. The second-order valence-electron chi connectivity index (χ2n) is 10.9. The van der Waals surface area contributed by atoms with Gasteiger partial charge in [0.05, 0.1) is 4.92 Å². The minimum atomic E-state index is -0.718. The van der Waals surface area contributed by atoms with E-state index in [0.717, 1.165) is 16.7 Å². The molecule has 7 nitrogen and oxygen atoms in total. The third-order valence-electron chi connectivity index (χ3n) is 6.70. The fraction of sp³-hybridized carbons (Fsp3) is 0.367. The van der Waals surface area contributed by atoms with E-state index in [9.17, 15) is 23.7 Å². The van der Waals surface area contributed by atoms with Crippen LogP contribution in [-0.4, -0.2) is 45.5 Å². The lowest BCUT2D eigenvalue weighted by atomic mass is 9.90. The van der Waals surface area contributed by atoms with Gasteiger partial charge in [0.25, 0.3) is 5.69 Å². The van der Waals surface area contributed by atoms with E-state index < -0.39 is 16.6 Å². The number of hydrogen-bond donors (Lipinski definition) is 0. The van der Waals surface area contributed by atoms with Crippen LogP contribution in [0.2, 0.25) is 0 Å². The molecule has 0 radical (unpaired) electrons. The fourth-order valence-electron chi connectivity index (χ4n) is 4.83. The van der Waals surface area contributed by atoms with E-state index >= 15 is 0 Å². The summed E-state index contributed by atoms with van der Waals surface area (Å²) in [6.07, 6.45) is 0.825. The Hall–Kier alpha value is -3.85. The molecule has 4 rings (SSSR count). The second kappa shape index (κ2) is 11.9. The van der Waals surface area contributed by atoms with Gasteiger partial charge in [-0.25, -0.2) is 13.6 Å². The predicted molar refractivity (Wildman–Crippen MR) is 144 cm³/mol. The van der Waals surface area contributed by atoms with Crippen molar-refractivity contribution in [2.75, 3.05) is 13.1 Å². The van der Waals surface area contributed by atoms with Crippen LogP contribution in [0.25, 0.3) is 0 Å². The number of ether oxygens (including phenoxy) is 1. The molecule has 1 amide bonds. The normalized spacial score (nSPS) is 15.5. The minimum absolute atomic E-state index is 0.0479. The SMILES string of the molecule is CC(C)(C)OC(=O)N(CCN1Cc2cc(F)ccc2CC1Cc1ccc(F)cc1)Cc1cccc([N+](=O)[O-])c1. The first kappa shape index (κ1) is 28.2. The number of carbonyl (C=O) groups is 1. The number of amides is 1. The zero-order valence-electron chi connectivity index (χ0n) is 22.4. The molecule has 1 unspecified atom stereocenters. The maximum atomic E-state index is 14.0. The summed E-state index contributed by atoms with van der Waals surface area (Å²) in [6, 6.07) is 17.5. The molecule has 1 aliphatic heterocycles. The monoisotopic (exact) mass is 537 g/mol. The van der Waals surface area contributed by atoms with E-state index in [1.54, 1.807) is 56.0 Å². The standard InChI is InChI=1S/C30H33F2N3O4/c1-30(2,3)39-29(36)34(19-22-5-4-6-27(16-22)35(37)38)14-13-33-20-24-17-26(32)12-9-23(24)18-28(33)15-21-7-10-25(31)11-8-21/h4-12,16-17,28H,13-15,18-20H2,1-3H3. The van der Waals surface area contributed by atoms with Crippen molar-refractivity contribution < 1.29 is 23.2 Å². The number of nitro benzene ring substituents is 1. The Kier molecular flexibility index (Phi) is 8.60. The third-order valence-corrected chi connectivity index (χ3v) is 6.70. The highest BCUT2D eigenvalue weighted by molar-refractivity contribution is 5.68. The van der Waals surface area contributed by atoms with Crippen LogP contribution in [0.5, 0.6) is 0 Å². The summed E-state index contributed by atoms with van der Waals surface area (Å²) in [5.41, 5.74) is 2.80. The van der Waals surface area contributed by atoms with Crippen molar-refractivity contribution in [3.8, 4) is 0 Å². The Balaban J connectivity index is 1.56. The Morgan fingerprint density at radius 2 is 1.74 bits per heavy atom. The molecule has 0 N–H and O–H groups in total. The Labute approximate surface area is 227 Å². The van der Waals surface area contributed by atoms with Gasteiger partial charge < -0.3 is 9.64 Å². The molecule has 1 atom stereocenters. The highest BCUT2D eigenvalue weighted by atomic mass is 19.1. The molecule has 0 bridgehead atoms. The fourth-order valence-corrected chi connectivity index (χ4v) is 4.83. The summed E-state index contributed by atoms with van der Waals surface area (Å²) in [6.45, 7) is 6.75. The molecular formula is C30H33F2N3O4. The van der Waals surface area contributed by atoms with Crippen molar-refractivity contribution in [2.45, 2.75) is 58.3 Å². The summed E-state index contributed by atoms with van der Waals surface area (Å²) < 4.78 is 33.2. The molecule has 9 heteroatoms. The van der Waals surface area contributed by atoms with Crippen LogP contribution in [0.15, 0.2) is 66.7 Å². The van der Waals surface area contributed by atoms with E-state index in [0.29, 0.717) is 38.0 Å². The molecule has 0 saturated carbocycles. The summed E-state index contributed by atoms with van der Waals surface area (Å²) in [5, 5.41) is 11.3. The molecule has 39 heavy (non-hydrogen) atoms. The first-order valence-corrected chi connectivity index (χ1v) is 12.9. The van der Waals surface area contributed by atoms with E-state index in [-0.39, 0.29) is 29.9 Å². The average molecular weight is 538 g/mol. The molecule has 206 valence electrons. The topological polar surface area (TPSA) is 75.9 Å². The molecule has 3 aromatic carbocycles. The molecule has 1 aliphatic rings. The summed E-state index contributed by atoms with van der Waals surface area (Å²) in [7, 11) is 0. The highest BCUT2D eigenvalue weighted by Crippen LogP contribution is 2.27. The lowest BCUT2D eigenvalue weighted by molar-refractivity contribution is -0.384. The van der Waals surface area contributed by atoms with Crippen molar-refractivity contribution in [1.29, 1.82) is 0 Å². The molecule has 1 heterocycles. The summed E-state index contributed by atoms with van der Waals surface area (Å²) in [4.78, 5) is 27.7. The second-order valence-corrected chi connectivity index (χ2v) is 10.9. The summed E-state index contributed by atoms with van der Waals surface area (Å²) >= 11 is 0. The third kappa shape index (κ3) is 7.83. The van der Waals surface area contributed by atoms with Crippen molar-refractivity contribution in [2.24, 2.45) is 0 Å². The predicted octanol–water partition coefficient (Wildman–Crippen LogP) is 6.28. The van der Waals surface area contributed by atoms with Gasteiger partial charge in [0.15, 0.2) is 0 Å². The molecule has 0 saturated heterocycles. The lowest BCUT2D eigenvalue weighted by Crippen LogP contribution is -2.47. The average Bonchev–Trinajstić information content (AvgIpc) is 2.87. The Morgan fingerprint density at radius 1 is 1.03 bits per heavy atom. The van der Waals surface area contributed by atoms with E-state index in [1.807, 2.05) is 6.07 Å². The molecule has 0 aromatic heterocycles. The zero-order chi connectivity index (χ0) is 28.2. The first-order valence-electron chi connectivity index (χ1n) is 12.9. The number of hydrogen-bond acceptors (Lipinski definition) is 5. The number of nitrogens with zero attached hydrogens (tertiary/aromatic N) is 3. The quantitative estimate of drug-likeness (QED) is 0.250. The van der Waals surface area contributed by atoms with Crippen molar-refractivity contribution >= 4 is 11.8 Å². The molecule has 0 aliphatic carbocycles. The van der Waals surface area contributed by atoms with Crippen molar-refractivity contribution in [1.82, 2.24) is 9.80 Å². The van der Waals surface area contributed by atoms with Crippen LogP contribution in [0.4, 0.5) is 19.3 Å². The highest BCUT2D eigenvalue weighted by Gasteiger charge is 2.29. The summed E-state index contributed by atoms with van der Waals surface area (Å²) in [5.74, 6) is -0.596. The Bertz CT molecular complexity index is 1320. The van der Waals surface area contributed by atoms with Crippen LogP contribution in [0.1, 0.15) is 43.0 Å².